The van der Waals surface area contributed by atoms with Crippen LogP contribution in [0.15, 0.2) is 12.1 Å². The van der Waals surface area contributed by atoms with Crippen LogP contribution in [0.2, 0.25) is 0 Å². The number of halogens is 3. The van der Waals surface area contributed by atoms with Crippen LogP contribution in [0, 0.1) is 17.3 Å². The lowest BCUT2D eigenvalue weighted by Crippen LogP contribution is -2.43. The van der Waals surface area contributed by atoms with Gasteiger partial charge < -0.3 is 10.1 Å². The van der Waals surface area contributed by atoms with Gasteiger partial charge in [0.1, 0.15) is 0 Å². The Hall–Kier alpha value is -1.84. The highest BCUT2D eigenvalue weighted by molar-refractivity contribution is 7.92. The number of aromatic nitrogens is 1. The Labute approximate surface area is 192 Å². The van der Waals surface area contributed by atoms with Gasteiger partial charge in [0.25, 0.3) is 5.91 Å². The molecule has 3 aliphatic carbocycles. The fourth-order valence-electron chi connectivity index (χ4n) is 5.02. The van der Waals surface area contributed by atoms with Gasteiger partial charge in [-0.1, -0.05) is 12.8 Å². The van der Waals surface area contributed by atoms with E-state index >= 15 is 0 Å². The lowest BCUT2D eigenvalue weighted by molar-refractivity contribution is -0.141. The molecule has 1 N–H and O–H groups in total. The molecule has 0 bridgehead atoms. The predicted molar refractivity (Wildman–Crippen MR) is 117 cm³/mol. The van der Waals surface area contributed by atoms with Gasteiger partial charge in [0, 0.05) is 12.6 Å². The standard InChI is InChI=1S/C23H31F3N2O4S/c1-32-19-7-6-18(20(28-19)23(24,25)26)21(29)27-14-22(12-15-2-3-15)10-8-17(9-11-22)33(30,31)13-16-4-5-16/h6-7,15-17H,2-5,8-14H2,1H3,(H,27,29). The first kappa shape index (κ1) is 24.3. The monoisotopic (exact) mass is 488 g/mol. The zero-order valence-corrected chi connectivity index (χ0v) is 19.6. The van der Waals surface area contributed by atoms with Crippen molar-refractivity contribution in [1.82, 2.24) is 10.3 Å². The van der Waals surface area contributed by atoms with E-state index in [9.17, 15) is 26.4 Å². The maximum absolute atomic E-state index is 13.5. The highest BCUT2D eigenvalue weighted by Gasteiger charge is 2.44. The number of hydrogen-bond acceptors (Lipinski definition) is 5. The smallest absolute Gasteiger partial charge is 0.434 e. The summed E-state index contributed by atoms with van der Waals surface area (Å²) in [6, 6.07) is 2.32. The number of amides is 1. The number of nitrogens with zero attached hydrogens (tertiary/aromatic N) is 1. The van der Waals surface area contributed by atoms with E-state index in [0.717, 1.165) is 38.2 Å². The van der Waals surface area contributed by atoms with Crippen LogP contribution in [0.3, 0.4) is 0 Å². The molecule has 3 fully saturated rings. The maximum atomic E-state index is 13.5. The molecule has 1 aromatic rings. The zero-order valence-electron chi connectivity index (χ0n) is 18.8. The Bertz CT molecular complexity index is 980. The van der Waals surface area contributed by atoms with Gasteiger partial charge >= 0.3 is 6.18 Å². The summed E-state index contributed by atoms with van der Waals surface area (Å²) in [5.41, 5.74) is -2.09. The van der Waals surface area contributed by atoms with Gasteiger partial charge in [-0.2, -0.15) is 13.2 Å². The highest BCUT2D eigenvalue weighted by atomic mass is 32.2. The maximum Gasteiger partial charge on any atom is 0.434 e. The molecule has 1 heterocycles. The average molecular weight is 489 g/mol. The normalized spacial score (nSPS) is 26.1. The van der Waals surface area contributed by atoms with Crippen LogP contribution >= 0.6 is 0 Å². The summed E-state index contributed by atoms with van der Waals surface area (Å²) in [4.78, 5) is 16.2. The first-order valence-electron chi connectivity index (χ1n) is 11.6. The van der Waals surface area contributed by atoms with Crippen LogP contribution < -0.4 is 10.1 Å². The third kappa shape index (κ3) is 6.00. The first-order valence-corrected chi connectivity index (χ1v) is 13.3. The molecule has 0 radical (unpaired) electrons. The van der Waals surface area contributed by atoms with Crippen molar-refractivity contribution in [3.8, 4) is 5.88 Å². The van der Waals surface area contributed by atoms with E-state index in [2.05, 4.69) is 10.3 Å². The van der Waals surface area contributed by atoms with E-state index in [0.29, 0.717) is 37.5 Å². The third-order valence-corrected chi connectivity index (χ3v) is 9.72. The minimum absolute atomic E-state index is 0.213. The number of carbonyl (C=O) groups is 1. The number of rotatable bonds is 9. The van der Waals surface area contributed by atoms with Crippen molar-refractivity contribution in [3.05, 3.63) is 23.4 Å². The second-order valence-electron chi connectivity index (χ2n) is 10.0. The number of pyridine rings is 1. The van der Waals surface area contributed by atoms with Crippen LogP contribution in [0.1, 0.15) is 73.8 Å². The molecule has 0 unspecified atom stereocenters. The molecule has 184 valence electrons. The van der Waals surface area contributed by atoms with Crippen molar-refractivity contribution in [2.45, 2.75) is 69.2 Å². The summed E-state index contributed by atoms with van der Waals surface area (Å²) in [5, 5.41) is 2.38. The Morgan fingerprint density at radius 3 is 2.30 bits per heavy atom. The van der Waals surface area contributed by atoms with E-state index in [1.54, 1.807) is 0 Å². The molecule has 0 atom stereocenters. The molecule has 33 heavy (non-hydrogen) atoms. The van der Waals surface area contributed by atoms with Crippen molar-refractivity contribution in [2.75, 3.05) is 19.4 Å². The minimum atomic E-state index is -4.79. The summed E-state index contributed by atoms with van der Waals surface area (Å²) >= 11 is 0. The van der Waals surface area contributed by atoms with Crippen molar-refractivity contribution in [3.63, 3.8) is 0 Å². The SMILES string of the molecule is COc1ccc(C(=O)NCC2(CC3CC3)CCC(S(=O)(=O)CC3CC3)CC2)c(C(F)(F)F)n1. The van der Waals surface area contributed by atoms with E-state index < -0.39 is 33.2 Å². The van der Waals surface area contributed by atoms with Gasteiger partial charge in [-0.15, -0.1) is 0 Å². The summed E-state index contributed by atoms with van der Waals surface area (Å²) in [6.07, 6.45) is 2.70. The van der Waals surface area contributed by atoms with E-state index in [1.165, 1.54) is 13.2 Å². The topological polar surface area (TPSA) is 85.4 Å². The molecule has 10 heteroatoms. The molecule has 0 aromatic carbocycles. The van der Waals surface area contributed by atoms with Crippen LogP contribution in [-0.2, 0) is 16.0 Å². The quantitative estimate of drug-likeness (QED) is 0.557. The number of carbonyl (C=O) groups excluding carboxylic acids is 1. The van der Waals surface area contributed by atoms with Crippen molar-refractivity contribution in [1.29, 1.82) is 0 Å². The second kappa shape index (κ2) is 9.07. The van der Waals surface area contributed by atoms with Gasteiger partial charge in [-0.3, -0.25) is 4.79 Å². The van der Waals surface area contributed by atoms with Crippen LogP contribution in [-0.4, -0.2) is 44.0 Å². The fraction of sp³-hybridized carbons (Fsp3) is 0.739. The van der Waals surface area contributed by atoms with Crippen molar-refractivity contribution >= 4 is 15.7 Å². The van der Waals surface area contributed by atoms with E-state index in [-0.39, 0.29) is 28.8 Å². The zero-order chi connectivity index (χ0) is 23.9. The van der Waals surface area contributed by atoms with Gasteiger partial charge in [-0.05, 0) is 68.3 Å². The average Bonchev–Trinajstić information content (AvgIpc) is 3.69. The molecule has 1 aromatic heterocycles. The summed E-state index contributed by atoms with van der Waals surface area (Å²) in [7, 11) is -1.91. The molecule has 0 spiro atoms. The molecule has 6 nitrogen and oxygen atoms in total. The Morgan fingerprint density at radius 2 is 1.76 bits per heavy atom. The second-order valence-corrected chi connectivity index (χ2v) is 12.4. The van der Waals surface area contributed by atoms with Crippen LogP contribution in [0.25, 0.3) is 0 Å². The lowest BCUT2D eigenvalue weighted by atomic mass is 9.70. The largest absolute Gasteiger partial charge is 0.481 e. The van der Waals surface area contributed by atoms with Gasteiger partial charge in [0.15, 0.2) is 15.5 Å². The van der Waals surface area contributed by atoms with Gasteiger partial charge in [0.05, 0.1) is 23.7 Å². The number of nitrogens with one attached hydrogen (secondary N) is 1. The lowest BCUT2D eigenvalue weighted by Gasteiger charge is -2.40. The van der Waals surface area contributed by atoms with Crippen LogP contribution in [0.5, 0.6) is 5.88 Å². The number of ether oxygens (including phenoxy) is 1. The molecule has 0 saturated heterocycles. The number of hydrogen-bond donors (Lipinski definition) is 1. The molecular weight excluding hydrogens is 457 g/mol. The number of methoxy groups -OCH3 is 1. The highest BCUT2D eigenvalue weighted by Crippen LogP contribution is 2.49. The first-order chi connectivity index (χ1) is 15.5. The van der Waals surface area contributed by atoms with Crippen molar-refractivity contribution in [2.24, 2.45) is 17.3 Å². The molecule has 0 aliphatic heterocycles. The molecule has 3 saturated carbocycles. The van der Waals surface area contributed by atoms with Crippen molar-refractivity contribution < 1.29 is 31.1 Å². The Kier molecular flexibility index (Phi) is 6.68. The number of sulfone groups is 1. The van der Waals surface area contributed by atoms with E-state index in [4.69, 9.17) is 4.74 Å². The minimum Gasteiger partial charge on any atom is -0.481 e. The van der Waals surface area contributed by atoms with E-state index in [1.807, 2.05) is 0 Å². The fourth-order valence-corrected chi connectivity index (χ4v) is 7.23. The van der Waals surface area contributed by atoms with Crippen LogP contribution in [0.4, 0.5) is 13.2 Å². The summed E-state index contributed by atoms with van der Waals surface area (Å²) < 4.78 is 70.6. The molecule has 1 amide bonds. The molecule has 3 aliphatic rings. The third-order valence-electron chi connectivity index (χ3n) is 7.30. The summed E-state index contributed by atoms with van der Waals surface area (Å²) in [6.45, 7) is 0.237. The van der Waals surface area contributed by atoms with Gasteiger partial charge in [0.2, 0.25) is 5.88 Å². The molecule has 4 rings (SSSR count). The molecular formula is C23H31F3N2O4S. The Balaban J connectivity index is 1.44. The Morgan fingerprint density at radius 1 is 1.12 bits per heavy atom. The summed E-state index contributed by atoms with van der Waals surface area (Å²) in [5.74, 6) is 0.101. The predicted octanol–water partition coefficient (Wildman–Crippen LogP) is 4.39. The number of alkyl halides is 3. The van der Waals surface area contributed by atoms with Gasteiger partial charge in [-0.25, -0.2) is 13.4 Å².